The number of hydrogen-bond acceptors (Lipinski definition) is 5. The van der Waals surface area contributed by atoms with Crippen molar-refractivity contribution in [1.29, 1.82) is 0 Å². The molecule has 0 aliphatic rings. The highest BCUT2D eigenvalue weighted by Crippen LogP contribution is 2.32. The zero-order valence-corrected chi connectivity index (χ0v) is 21.0. The number of benzene rings is 2. The topological polar surface area (TPSA) is 143 Å². The predicted molar refractivity (Wildman–Crippen MR) is 136 cm³/mol. The fourth-order valence-corrected chi connectivity index (χ4v) is 3.22. The molecule has 0 bridgehead atoms. The van der Waals surface area contributed by atoms with Crippen molar-refractivity contribution in [3.05, 3.63) is 83.1 Å². The van der Waals surface area contributed by atoms with E-state index in [4.69, 9.17) is 27.2 Å². The number of hydrogen-bond donors (Lipinski definition) is 4. The van der Waals surface area contributed by atoms with Gasteiger partial charge < -0.3 is 21.3 Å². The first-order chi connectivity index (χ1) is 17.6. The summed E-state index contributed by atoms with van der Waals surface area (Å²) < 4.78 is 31.7. The highest BCUT2D eigenvalue weighted by Gasteiger charge is 2.38. The maximum Gasteiger partial charge on any atom is 0.490 e. The zero-order valence-electron chi connectivity index (χ0n) is 20.3. The van der Waals surface area contributed by atoms with Crippen LogP contribution in [0.4, 0.5) is 18.9 Å². The Morgan fingerprint density at radius 2 is 1.50 bits per heavy atom. The molecule has 0 saturated heterocycles. The standard InChI is InChI=1S/C24H24ClN3O3.C2HF3O2/c1-24(2,23(30)31)18-12-17(16-7-9-27-10-8-16)13-20(14-18)28-22(29)21(26)11-15-3-5-19(25)6-4-15;3-2(4,5)1(6)7/h3-10,12-14,21H,11,26H2,1-2H3,(H,28,29)(H,30,31);(H,6,7)/t21-;/m0./s1. The second kappa shape index (κ2) is 12.5. The second-order valence-electron chi connectivity index (χ2n) is 8.69. The van der Waals surface area contributed by atoms with Gasteiger partial charge in [0.05, 0.1) is 11.5 Å². The van der Waals surface area contributed by atoms with Crippen molar-refractivity contribution in [1.82, 2.24) is 4.98 Å². The lowest BCUT2D eigenvalue weighted by atomic mass is 9.83. The van der Waals surface area contributed by atoms with Gasteiger partial charge in [0.15, 0.2) is 0 Å². The fourth-order valence-electron chi connectivity index (χ4n) is 3.10. The number of halogens is 4. The van der Waals surface area contributed by atoms with Crippen LogP contribution in [0.1, 0.15) is 25.0 Å². The number of aliphatic carboxylic acids is 2. The normalized spacial score (nSPS) is 12.1. The van der Waals surface area contributed by atoms with Crippen molar-refractivity contribution in [2.24, 2.45) is 5.73 Å². The van der Waals surface area contributed by atoms with Crippen LogP contribution in [0.15, 0.2) is 67.0 Å². The van der Waals surface area contributed by atoms with E-state index in [0.29, 0.717) is 22.7 Å². The number of carbonyl (C=O) groups is 3. The number of nitrogens with one attached hydrogen (secondary N) is 1. The molecule has 8 nitrogen and oxygen atoms in total. The number of amides is 1. The van der Waals surface area contributed by atoms with Gasteiger partial charge >= 0.3 is 18.1 Å². The van der Waals surface area contributed by atoms with Gasteiger partial charge in [-0.3, -0.25) is 14.6 Å². The van der Waals surface area contributed by atoms with E-state index in [9.17, 15) is 27.9 Å². The van der Waals surface area contributed by atoms with Crippen LogP contribution in [-0.2, 0) is 26.2 Å². The van der Waals surface area contributed by atoms with Crippen molar-refractivity contribution in [2.75, 3.05) is 5.32 Å². The average Bonchev–Trinajstić information content (AvgIpc) is 2.85. The van der Waals surface area contributed by atoms with E-state index in [1.54, 1.807) is 50.5 Å². The van der Waals surface area contributed by atoms with Crippen LogP contribution in [0.2, 0.25) is 5.02 Å². The number of anilines is 1. The van der Waals surface area contributed by atoms with Crippen LogP contribution in [-0.4, -0.2) is 45.3 Å². The third-order valence-electron chi connectivity index (χ3n) is 5.42. The van der Waals surface area contributed by atoms with Gasteiger partial charge in [0.2, 0.25) is 5.91 Å². The summed E-state index contributed by atoms with van der Waals surface area (Å²) in [6.07, 6.45) is -1.42. The molecule has 1 atom stereocenters. The van der Waals surface area contributed by atoms with Crippen LogP contribution in [0, 0.1) is 0 Å². The molecular formula is C26H25ClF3N3O5. The van der Waals surface area contributed by atoms with E-state index in [1.807, 2.05) is 30.3 Å². The second-order valence-corrected chi connectivity index (χ2v) is 9.13. The van der Waals surface area contributed by atoms with Crippen molar-refractivity contribution >= 4 is 35.1 Å². The summed E-state index contributed by atoms with van der Waals surface area (Å²) in [5.74, 6) is -4.08. The van der Waals surface area contributed by atoms with E-state index < -0.39 is 29.6 Å². The molecule has 12 heteroatoms. The van der Waals surface area contributed by atoms with E-state index >= 15 is 0 Å². The first kappa shape index (κ1) is 30.3. The molecule has 38 heavy (non-hydrogen) atoms. The van der Waals surface area contributed by atoms with Gasteiger partial charge in [0.25, 0.3) is 0 Å². The lowest BCUT2D eigenvalue weighted by molar-refractivity contribution is -0.192. The highest BCUT2D eigenvalue weighted by molar-refractivity contribution is 6.30. The minimum atomic E-state index is -5.08. The molecule has 0 radical (unpaired) electrons. The molecule has 0 aliphatic carbocycles. The molecular weight excluding hydrogens is 527 g/mol. The lowest BCUT2D eigenvalue weighted by Crippen LogP contribution is -2.37. The van der Waals surface area contributed by atoms with Crippen LogP contribution in [0.3, 0.4) is 0 Å². The number of aromatic nitrogens is 1. The lowest BCUT2D eigenvalue weighted by Gasteiger charge is -2.22. The molecule has 1 amide bonds. The summed E-state index contributed by atoms with van der Waals surface area (Å²) in [4.78, 5) is 37.5. The fraction of sp³-hybridized carbons (Fsp3) is 0.231. The molecule has 1 heterocycles. The maximum atomic E-state index is 12.7. The van der Waals surface area contributed by atoms with Crippen LogP contribution < -0.4 is 11.1 Å². The third kappa shape index (κ3) is 8.56. The van der Waals surface area contributed by atoms with E-state index in [-0.39, 0.29) is 5.91 Å². The molecule has 1 aromatic heterocycles. The number of carboxylic acid groups (broad SMARTS) is 2. The Hall–Kier alpha value is -3.96. The Morgan fingerprint density at radius 1 is 0.947 bits per heavy atom. The Balaban J connectivity index is 0.000000638. The van der Waals surface area contributed by atoms with Gasteiger partial charge in [-0.1, -0.05) is 23.7 Å². The van der Waals surface area contributed by atoms with Gasteiger partial charge in [-0.05, 0) is 85.0 Å². The number of nitrogens with zero attached hydrogens (tertiary/aromatic N) is 1. The molecule has 5 N–H and O–H groups in total. The van der Waals surface area contributed by atoms with E-state index in [2.05, 4.69) is 10.3 Å². The molecule has 0 unspecified atom stereocenters. The summed E-state index contributed by atoms with van der Waals surface area (Å²) in [6, 6.07) is 15.3. The van der Waals surface area contributed by atoms with Crippen LogP contribution in [0.5, 0.6) is 0 Å². The number of pyridine rings is 1. The number of alkyl halides is 3. The van der Waals surface area contributed by atoms with Gasteiger partial charge in [0, 0.05) is 23.1 Å². The largest absolute Gasteiger partial charge is 0.490 e. The summed E-state index contributed by atoms with van der Waals surface area (Å²) in [7, 11) is 0. The molecule has 0 aliphatic heterocycles. The van der Waals surface area contributed by atoms with Gasteiger partial charge in [-0.2, -0.15) is 13.2 Å². The first-order valence-corrected chi connectivity index (χ1v) is 11.4. The first-order valence-electron chi connectivity index (χ1n) is 11.0. The molecule has 0 saturated carbocycles. The number of carboxylic acids is 2. The summed E-state index contributed by atoms with van der Waals surface area (Å²) >= 11 is 5.90. The molecule has 0 fully saturated rings. The minimum Gasteiger partial charge on any atom is -0.481 e. The molecule has 3 rings (SSSR count). The Bertz CT molecular complexity index is 1280. The van der Waals surface area contributed by atoms with Gasteiger partial charge in [0.1, 0.15) is 0 Å². The van der Waals surface area contributed by atoms with Crippen molar-refractivity contribution in [3.8, 4) is 11.1 Å². The summed E-state index contributed by atoms with van der Waals surface area (Å²) in [6.45, 7) is 3.25. The Morgan fingerprint density at radius 3 is 2.00 bits per heavy atom. The highest BCUT2D eigenvalue weighted by atomic mass is 35.5. The molecule has 202 valence electrons. The van der Waals surface area contributed by atoms with Gasteiger partial charge in [-0.25, -0.2) is 4.79 Å². The molecule has 0 spiro atoms. The monoisotopic (exact) mass is 551 g/mol. The van der Waals surface area contributed by atoms with E-state index in [1.165, 1.54) is 0 Å². The summed E-state index contributed by atoms with van der Waals surface area (Å²) in [5.41, 5.74) is 8.54. The Labute approximate surface area is 221 Å². The van der Waals surface area contributed by atoms with Crippen molar-refractivity contribution in [2.45, 2.75) is 37.9 Å². The smallest absolute Gasteiger partial charge is 0.481 e. The molecule has 2 aromatic carbocycles. The van der Waals surface area contributed by atoms with Crippen LogP contribution >= 0.6 is 11.6 Å². The predicted octanol–water partition coefficient (Wildman–Crippen LogP) is 4.91. The van der Waals surface area contributed by atoms with Crippen molar-refractivity contribution in [3.63, 3.8) is 0 Å². The Kier molecular flexibility index (Phi) is 9.97. The van der Waals surface area contributed by atoms with E-state index in [0.717, 1.165) is 16.7 Å². The number of carbonyl (C=O) groups excluding carboxylic acids is 1. The summed E-state index contributed by atoms with van der Waals surface area (Å²) in [5, 5.41) is 20.2. The zero-order chi connectivity index (χ0) is 28.7. The van der Waals surface area contributed by atoms with Crippen molar-refractivity contribution < 1.29 is 37.8 Å². The molecule has 3 aromatic rings. The third-order valence-corrected chi connectivity index (χ3v) is 5.67. The number of nitrogens with two attached hydrogens (primary N) is 1. The van der Waals surface area contributed by atoms with Crippen LogP contribution in [0.25, 0.3) is 11.1 Å². The average molecular weight is 552 g/mol. The number of rotatable bonds is 7. The quantitative estimate of drug-likeness (QED) is 0.327. The minimum absolute atomic E-state index is 0.348. The maximum absolute atomic E-state index is 12.7. The van der Waals surface area contributed by atoms with Gasteiger partial charge in [-0.15, -0.1) is 0 Å². The SMILES string of the molecule is CC(C)(C(=O)O)c1cc(NC(=O)[C@@H](N)Cc2ccc(Cl)cc2)cc(-c2ccncc2)c1.O=C(O)C(F)(F)F.